The molecule has 0 aromatic heterocycles. The van der Waals surface area contributed by atoms with Crippen LogP contribution < -0.4 is 0 Å². The Morgan fingerprint density at radius 1 is 1.28 bits per heavy atom. The lowest BCUT2D eigenvalue weighted by Gasteiger charge is -2.34. The van der Waals surface area contributed by atoms with Gasteiger partial charge in [0.15, 0.2) is 6.61 Å². The molecule has 1 fully saturated rings. The maximum Gasteiger partial charge on any atom is 0.331 e. The van der Waals surface area contributed by atoms with Gasteiger partial charge in [0, 0.05) is 25.2 Å². The molecule has 1 heterocycles. The van der Waals surface area contributed by atoms with E-state index in [0.717, 1.165) is 12.5 Å². The Kier molecular flexibility index (Phi) is 6.27. The molecule has 1 amide bonds. The average molecular weight is 346 g/mol. The highest BCUT2D eigenvalue weighted by Gasteiger charge is 2.25. The second-order valence-electron chi connectivity index (χ2n) is 6.50. The highest BCUT2D eigenvalue weighted by molar-refractivity contribution is 5.90. The summed E-state index contributed by atoms with van der Waals surface area (Å²) in [7, 11) is 0. The van der Waals surface area contributed by atoms with Gasteiger partial charge >= 0.3 is 5.97 Å². The summed E-state index contributed by atoms with van der Waals surface area (Å²) >= 11 is 0. The van der Waals surface area contributed by atoms with Crippen molar-refractivity contribution in [2.45, 2.75) is 20.3 Å². The molecule has 1 aliphatic heterocycles. The minimum Gasteiger partial charge on any atom is -0.452 e. The Morgan fingerprint density at radius 2 is 1.92 bits per heavy atom. The second-order valence-corrected chi connectivity index (χ2v) is 6.50. The van der Waals surface area contributed by atoms with E-state index in [2.05, 4.69) is 13.8 Å². The number of esters is 1. The zero-order valence-corrected chi connectivity index (χ0v) is 14.4. The van der Waals surface area contributed by atoms with Gasteiger partial charge in [-0.3, -0.25) is 14.9 Å². The number of nitrogens with zero attached hydrogens (tertiary/aromatic N) is 2. The van der Waals surface area contributed by atoms with E-state index >= 15 is 0 Å². The first-order valence-electron chi connectivity index (χ1n) is 8.23. The molecule has 25 heavy (non-hydrogen) atoms. The van der Waals surface area contributed by atoms with Gasteiger partial charge in [-0.05, 0) is 30.4 Å². The molecular formula is C18H22N2O5. The zero-order chi connectivity index (χ0) is 18.4. The first-order valence-corrected chi connectivity index (χ1v) is 8.23. The minimum absolute atomic E-state index is 0.0982. The van der Waals surface area contributed by atoms with Crippen LogP contribution in [-0.2, 0) is 14.3 Å². The van der Waals surface area contributed by atoms with Crippen molar-refractivity contribution < 1.29 is 19.2 Å². The van der Waals surface area contributed by atoms with Gasteiger partial charge in [-0.25, -0.2) is 4.79 Å². The summed E-state index contributed by atoms with van der Waals surface area (Å²) in [5.41, 5.74) is 0.202. The van der Waals surface area contributed by atoms with Crippen LogP contribution >= 0.6 is 0 Å². The summed E-state index contributed by atoms with van der Waals surface area (Å²) in [6.07, 6.45) is 3.50. The fraction of sp³-hybridized carbons (Fsp3) is 0.444. The largest absolute Gasteiger partial charge is 0.452 e. The van der Waals surface area contributed by atoms with Gasteiger partial charge < -0.3 is 9.64 Å². The molecule has 0 N–H and O–H groups in total. The van der Waals surface area contributed by atoms with Crippen LogP contribution in [0, 0.1) is 22.0 Å². The monoisotopic (exact) mass is 346 g/mol. The maximum absolute atomic E-state index is 12.1. The van der Waals surface area contributed by atoms with Gasteiger partial charge in [-0.15, -0.1) is 0 Å². The molecule has 0 unspecified atom stereocenters. The van der Waals surface area contributed by atoms with E-state index in [-0.39, 0.29) is 18.2 Å². The van der Waals surface area contributed by atoms with E-state index in [1.165, 1.54) is 18.2 Å². The maximum atomic E-state index is 12.1. The molecule has 1 aromatic rings. The van der Waals surface area contributed by atoms with E-state index in [4.69, 9.17) is 4.74 Å². The van der Waals surface area contributed by atoms with Crippen LogP contribution in [0.4, 0.5) is 5.69 Å². The van der Waals surface area contributed by atoms with Gasteiger partial charge in [-0.2, -0.15) is 0 Å². The van der Waals surface area contributed by atoms with Crippen LogP contribution in [0.2, 0.25) is 0 Å². The number of para-hydroxylation sites is 1. The smallest absolute Gasteiger partial charge is 0.331 e. The van der Waals surface area contributed by atoms with Gasteiger partial charge in [0.1, 0.15) is 0 Å². The van der Waals surface area contributed by atoms with Crippen LogP contribution in [0.5, 0.6) is 0 Å². The van der Waals surface area contributed by atoms with Gasteiger partial charge in [0.05, 0.1) is 10.5 Å². The average Bonchev–Trinajstić information content (AvgIpc) is 2.57. The van der Waals surface area contributed by atoms with Crippen molar-refractivity contribution in [3.05, 3.63) is 46.0 Å². The van der Waals surface area contributed by atoms with Crippen molar-refractivity contribution in [2.24, 2.45) is 11.8 Å². The number of likely N-dealkylation sites (tertiary alicyclic amines) is 1. The summed E-state index contributed by atoms with van der Waals surface area (Å²) in [5.74, 6) is -0.0562. The van der Waals surface area contributed by atoms with Crippen molar-refractivity contribution in [2.75, 3.05) is 19.7 Å². The Labute approximate surface area is 146 Å². The summed E-state index contributed by atoms with van der Waals surface area (Å²) in [5, 5.41) is 10.9. The fourth-order valence-corrected chi connectivity index (χ4v) is 3.09. The zero-order valence-electron chi connectivity index (χ0n) is 14.4. The van der Waals surface area contributed by atoms with Crippen LogP contribution in [-0.4, -0.2) is 41.4 Å². The topological polar surface area (TPSA) is 89.8 Å². The summed E-state index contributed by atoms with van der Waals surface area (Å²) in [6, 6.07) is 6.07. The highest BCUT2D eigenvalue weighted by atomic mass is 16.6. The molecule has 0 bridgehead atoms. The highest BCUT2D eigenvalue weighted by Crippen LogP contribution is 2.21. The number of ether oxygens (including phenoxy) is 1. The standard InChI is InChI=1S/C18H22N2O5/c1-13-9-14(2)11-19(10-13)17(21)12-25-18(22)8-7-15-5-3-4-6-16(15)20(23)24/h3-8,13-14H,9-12H2,1-2H3/b8-7+/t13-,14-/m1/s1. The number of nitro groups is 1. The molecule has 1 saturated heterocycles. The van der Waals surface area contributed by atoms with Gasteiger partial charge in [-0.1, -0.05) is 26.0 Å². The number of hydrogen-bond acceptors (Lipinski definition) is 5. The Hall–Kier alpha value is -2.70. The summed E-state index contributed by atoms with van der Waals surface area (Å²) < 4.78 is 4.96. The normalized spacial score (nSPS) is 20.5. The second kappa shape index (κ2) is 8.41. The van der Waals surface area contributed by atoms with Crippen LogP contribution in [0.1, 0.15) is 25.8 Å². The number of rotatable bonds is 5. The molecule has 0 aliphatic carbocycles. The van der Waals surface area contributed by atoms with Crippen molar-refractivity contribution in [1.29, 1.82) is 0 Å². The van der Waals surface area contributed by atoms with E-state index < -0.39 is 10.9 Å². The molecule has 0 spiro atoms. The van der Waals surface area contributed by atoms with Crippen molar-refractivity contribution in [3.63, 3.8) is 0 Å². The van der Waals surface area contributed by atoms with Crippen LogP contribution in [0.15, 0.2) is 30.3 Å². The molecule has 134 valence electrons. The van der Waals surface area contributed by atoms with E-state index in [9.17, 15) is 19.7 Å². The first kappa shape index (κ1) is 18.6. The quantitative estimate of drug-likeness (QED) is 0.354. The third-order valence-corrected chi connectivity index (χ3v) is 4.09. The fourth-order valence-electron chi connectivity index (χ4n) is 3.09. The Bertz CT molecular complexity index is 676. The van der Waals surface area contributed by atoms with E-state index in [1.54, 1.807) is 17.0 Å². The number of nitro benzene ring substituents is 1. The van der Waals surface area contributed by atoms with Crippen molar-refractivity contribution in [3.8, 4) is 0 Å². The van der Waals surface area contributed by atoms with E-state index in [0.29, 0.717) is 30.5 Å². The third kappa shape index (κ3) is 5.41. The van der Waals surface area contributed by atoms with Gasteiger partial charge in [0.2, 0.25) is 0 Å². The molecule has 7 nitrogen and oxygen atoms in total. The van der Waals surface area contributed by atoms with Crippen LogP contribution in [0.3, 0.4) is 0 Å². The predicted octanol–water partition coefficient (Wildman–Crippen LogP) is 2.66. The lowest BCUT2D eigenvalue weighted by Crippen LogP contribution is -2.44. The SMILES string of the molecule is C[C@@H]1C[C@@H](C)CN(C(=O)COC(=O)/C=C/c2ccccc2[N+](=O)[O-])C1. The number of hydrogen-bond donors (Lipinski definition) is 0. The van der Waals surface area contributed by atoms with Crippen LogP contribution in [0.25, 0.3) is 6.08 Å². The number of benzene rings is 1. The first-order chi connectivity index (χ1) is 11.9. The van der Waals surface area contributed by atoms with E-state index in [1.807, 2.05) is 0 Å². The Morgan fingerprint density at radius 3 is 2.56 bits per heavy atom. The molecule has 2 rings (SSSR count). The minimum atomic E-state index is -0.704. The molecule has 1 aliphatic rings. The number of carbonyl (C=O) groups excluding carboxylic acids is 2. The summed E-state index contributed by atoms with van der Waals surface area (Å²) in [6.45, 7) is 5.22. The van der Waals surface area contributed by atoms with Crippen molar-refractivity contribution in [1.82, 2.24) is 4.90 Å². The molecule has 2 atom stereocenters. The lowest BCUT2D eigenvalue weighted by molar-refractivity contribution is -0.385. The lowest BCUT2D eigenvalue weighted by atomic mass is 9.92. The third-order valence-electron chi connectivity index (χ3n) is 4.09. The van der Waals surface area contributed by atoms with Gasteiger partial charge in [0.25, 0.3) is 11.6 Å². The molecule has 7 heteroatoms. The number of carbonyl (C=O) groups is 2. The van der Waals surface area contributed by atoms with Crippen molar-refractivity contribution >= 4 is 23.6 Å². The number of piperidine rings is 1. The summed E-state index contributed by atoms with van der Waals surface area (Å²) in [4.78, 5) is 36.0. The predicted molar refractivity (Wildman–Crippen MR) is 92.6 cm³/mol. The molecule has 0 radical (unpaired) electrons. The molecular weight excluding hydrogens is 324 g/mol. The molecule has 0 saturated carbocycles. The molecule has 1 aromatic carbocycles. The Balaban J connectivity index is 1.88. The number of amides is 1.